The Morgan fingerprint density at radius 2 is 1.92 bits per heavy atom. The normalized spacial score (nSPS) is 11.8. The first-order chi connectivity index (χ1) is 5.93. The highest BCUT2D eigenvalue weighted by molar-refractivity contribution is 6.35. The Bertz CT molecular complexity index is 224. The summed E-state index contributed by atoms with van der Waals surface area (Å²) in [6.45, 7) is 2.82. The van der Waals surface area contributed by atoms with Crippen molar-refractivity contribution in [2.75, 3.05) is 0 Å². The van der Waals surface area contributed by atoms with E-state index < -0.39 is 17.7 Å². The Hall–Kier alpha value is -1.39. The van der Waals surface area contributed by atoms with Gasteiger partial charge in [0.1, 0.15) is 0 Å². The van der Waals surface area contributed by atoms with Gasteiger partial charge in [0.2, 0.25) is 5.78 Å². The zero-order chi connectivity index (χ0) is 10.4. The molecular weight excluding hydrogens is 174 g/mol. The average Bonchev–Trinajstić information content (AvgIpc) is 2.00. The van der Waals surface area contributed by atoms with Crippen LogP contribution in [0.5, 0.6) is 0 Å². The van der Waals surface area contributed by atoms with Crippen molar-refractivity contribution in [3.05, 3.63) is 0 Å². The predicted octanol–water partition coefficient (Wildman–Crippen LogP) is -0.0551. The number of amides is 1. The highest BCUT2D eigenvalue weighted by atomic mass is 16.4. The van der Waals surface area contributed by atoms with E-state index in [4.69, 9.17) is 5.11 Å². The van der Waals surface area contributed by atoms with Crippen LogP contribution in [0.2, 0.25) is 0 Å². The summed E-state index contributed by atoms with van der Waals surface area (Å²) in [6.07, 6.45) is 0.313. The third-order valence-corrected chi connectivity index (χ3v) is 1.49. The van der Waals surface area contributed by atoms with E-state index in [1.807, 2.05) is 0 Å². The van der Waals surface area contributed by atoms with Gasteiger partial charge in [-0.3, -0.25) is 14.4 Å². The molecule has 0 unspecified atom stereocenters. The molecule has 0 aliphatic heterocycles. The number of carbonyl (C=O) groups is 3. The second kappa shape index (κ2) is 5.29. The number of aliphatic carboxylic acids is 1. The fourth-order valence-corrected chi connectivity index (χ4v) is 0.738. The smallest absolute Gasteiger partial charge is 0.303 e. The number of carboxylic acid groups (broad SMARTS) is 1. The average molecular weight is 187 g/mol. The molecule has 5 nitrogen and oxygen atoms in total. The summed E-state index contributed by atoms with van der Waals surface area (Å²) in [6, 6.07) is -0.285. The van der Waals surface area contributed by atoms with Crippen molar-refractivity contribution in [3.63, 3.8) is 0 Å². The monoisotopic (exact) mass is 187 g/mol. The van der Waals surface area contributed by atoms with Crippen LogP contribution >= 0.6 is 0 Å². The molecule has 0 fully saturated rings. The molecule has 1 atom stereocenters. The summed E-state index contributed by atoms with van der Waals surface area (Å²) in [4.78, 5) is 31.4. The summed E-state index contributed by atoms with van der Waals surface area (Å²) >= 11 is 0. The molecule has 0 aliphatic rings. The first-order valence-corrected chi connectivity index (χ1v) is 3.96. The van der Waals surface area contributed by atoms with Gasteiger partial charge in [-0.15, -0.1) is 0 Å². The molecule has 0 aromatic rings. The van der Waals surface area contributed by atoms with Gasteiger partial charge in [-0.05, 0) is 13.3 Å². The topological polar surface area (TPSA) is 83.5 Å². The number of nitrogens with one attached hydrogen (secondary N) is 1. The number of Topliss-reactive ketones (excluding diaryl/α,β-unsaturated/α-hetero) is 1. The van der Waals surface area contributed by atoms with Crippen LogP contribution in [-0.4, -0.2) is 28.8 Å². The zero-order valence-electron chi connectivity index (χ0n) is 7.66. The van der Waals surface area contributed by atoms with E-state index in [-0.39, 0.29) is 12.5 Å². The fourth-order valence-electron chi connectivity index (χ4n) is 0.738. The number of hydrogen-bond acceptors (Lipinski definition) is 3. The molecule has 2 N–H and O–H groups in total. The van der Waals surface area contributed by atoms with E-state index >= 15 is 0 Å². The van der Waals surface area contributed by atoms with Gasteiger partial charge in [-0.1, -0.05) is 0 Å². The summed E-state index contributed by atoms with van der Waals surface area (Å²) in [5.41, 5.74) is 0. The second-order valence-electron chi connectivity index (χ2n) is 2.86. The molecule has 0 saturated carbocycles. The highest BCUT2D eigenvalue weighted by Gasteiger charge is 2.11. The van der Waals surface area contributed by atoms with Crippen LogP contribution in [0.25, 0.3) is 0 Å². The van der Waals surface area contributed by atoms with Crippen molar-refractivity contribution in [2.24, 2.45) is 0 Å². The summed E-state index contributed by atoms with van der Waals surface area (Å²) in [5.74, 6) is -2.15. The number of carboxylic acids is 1. The van der Waals surface area contributed by atoms with Gasteiger partial charge in [0.15, 0.2) is 0 Å². The van der Waals surface area contributed by atoms with Gasteiger partial charge in [0, 0.05) is 19.4 Å². The molecule has 0 bridgehead atoms. The molecule has 0 aromatic carbocycles. The maximum Gasteiger partial charge on any atom is 0.303 e. The zero-order valence-corrected chi connectivity index (χ0v) is 7.66. The van der Waals surface area contributed by atoms with Crippen LogP contribution in [0, 0.1) is 0 Å². The Morgan fingerprint density at radius 3 is 2.31 bits per heavy atom. The molecule has 0 spiro atoms. The second-order valence-corrected chi connectivity index (χ2v) is 2.86. The van der Waals surface area contributed by atoms with E-state index in [9.17, 15) is 14.4 Å². The maximum atomic E-state index is 10.8. The lowest BCUT2D eigenvalue weighted by molar-refractivity contribution is -0.138. The third kappa shape index (κ3) is 5.84. The molecule has 1 amide bonds. The first-order valence-electron chi connectivity index (χ1n) is 3.96. The van der Waals surface area contributed by atoms with E-state index in [1.165, 1.54) is 6.92 Å². The molecule has 0 aromatic heterocycles. The summed E-state index contributed by atoms with van der Waals surface area (Å²) in [5, 5.41) is 10.7. The van der Waals surface area contributed by atoms with Crippen molar-refractivity contribution in [3.8, 4) is 0 Å². The first kappa shape index (κ1) is 11.6. The van der Waals surface area contributed by atoms with Crippen LogP contribution in [-0.2, 0) is 14.4 Å². The maximum absolute atomic E-state index is 10.8. The molecule has 0 radical (unpaired) electrons. The molecule has 0 aliphatic carbocycles. The van der Waals surface area contributed by atoms with Gasteiger partial charge in [-0.25, -0.2) is 0 Å². The lowest BCUT2D eigenvalue weighted by Crippen LogP contribution is -2.36. The lowest BCUT2D eigenvalue weighted by Gasteiger charge is -2.10. The van der Waals surface area contributed by atoms with Crippen molar-refractivity contribution in [1.29, 1.82) is 0 Å². The number of rotatable bonds is 5. The molecule has 74 valence electrons. The van der Waals surface area contributed by atoms with Crippen LogP contribution in [0.15, 0.2) is 0 Å². The van der Waals surface area contributed by atoms with Gasteiger partial charge in [0.05, 0.1) is 0 Å². The summed E-state index contributed by atoms with van der Waals surface area (Å²) in [7, 11) is 0. The third-order valence-electron chi connectivity index (χ3n) is 1.49. The van der Waals surface area contributed by atoms with Crippen molar-refractivity contribution < 1.29 is 19.5 Å². The van der Waals surface area contributed by atoms with E-state index in [1.54, 1.807) is 6.92 Å². The quantitative estimate of drug-likeness (QED) is 0.591. The standard InChI is InChI=1S/C8H13NO4/c1-5(3-4-7(11)12)9-8(13)6(2)10/h5H,3-4H2,1-2H3,(H,9,13)(H,11,12)/t5-/m0/s1. The molecule has 5 heteroatoms. The van der Waals surface area contributed by atoms with Gasteiger partial charge < -0.3 is 10.4 Å². The number of hydrogen-bond donors (Lipinski definition) is 2. The van der Waals surface area contributed by atoms with Gasteiger partial charge in [0.25, 0.3) is 5.91 Å². The molecule has 0 heterocycles. The predicted molar refractivity (Wildman–Crippen MR) is 45.2 cm³/mol. The van der Waals surface area contributed by atoms with Crippen LogP contribution in [0.3, 0.4) is 0 Å². The lowest BCUT2D eigenvalue weighted by atomic mass is 10.2. The Morgan fingerprint density at radius 1 is 1.38 bits per heavy atom. The van der Waals surface area contributed by atoms with Crippen LogP contribution in [0.4, 0.5) is 0 Å². The van der Waals surface area contributed by atoms with Crippen LogP contribution < -0.4 is 5.32 Å². The van der Waals surface area contributed by atoms with Gasteiger partial charge in [-0.2, -0.15) is 0 Å². The van der Waals surface area contributed by atoms with Gasteiger partial charge >= 0.3 is 5.97 Å². The Balaban J connectivity index is 3.74. The molecule has 0 saturated heterocycles. The van der Waals surface area contributed by atoms with Crippen molar-refractivity contribution in [2.45, 2.75) is 32.7 Å². The number of carbonyl (C=O) groups excluding carboxylic acids is 2. The molecular formula is C8H13NO4. The van der Waals surface area contributed by atoms with E-state index in [0.717, 1.165) is 0 Å². The van der Waals surface area contributed by atoms with Crippen molar-refractivity contribution >= 4 is 17.7 Å². The minimum atomic E-state index is -0.913. The van der Waals surface area contributed by atoms with E-state index in [0.29, 0.717) is 6.42 Å². The van der Waals surface area contributed by atoms with Crippen LogP contribution in [0.1, 0.15) is 26.7 Å². The highest BCUT2D eigenvalue weighted by Crippen LogP contribution is 1.95. The molecule has 0 rings (SSSR count). The Labute approximate surface area is 76.1 Å². The fraction of sp³-hybridized carbons (Fsp3) is 0.625. The SMILES string of the molecule is CC(=O)C(=O)N[C@@H](C)CCC(=O)O. The Kier molecular flexibility index (Phi) is 4.72. The minimum Gasteiger partial charge on any atom is -0.481 e. The largest absolute Gasteiger partial charge is 0.481 e. The summed E-state index contributed by atoms with van der Waals surface area (Å²) < 4.78 is 0. The molecule has 13 heavy (non-hydrogen) atoms. The number of ketones is 1. The van der Waals surface area contributed by atoms with Crippen molar-refractivity contribution in [1.82, 2.24) is 5.32 Å². The van der Waals surface area contributed by atoms with E-state index in [2.05, 4.69) is 5.32 Å². The minimum absolute atomic E-state index is 0.0145.